The van der Waals surface area contributed by atoms with Crippen molar-refractivity contribution >= 4 is 17.5 Å². The van der Waals surface area contributed by atoms with Crippen molar-refractivity contribution in [3.8, 4) is 0 Å². The number of aliphatic imine (C=N–C) groups is 1. The molecule has 2 heterocycles. The summed E-state index contributed by atoms with van der Waals surface area (Å²) in [5, 5.41) is 16.5. The number of ether oxygens (including phenoxy) is 1. The number of rotatable bonds is 6. The summed E-state index contributed by atoms with van der Waals surface area (Å²) in [4.78, 5) is 16.7. The van der Waals surface area contributed by atoms with E-state index in [-0.39, 0.29) is 29.7 Å². The number of aliphatic hydroxyl groups excluding tert-OH is 1. The minimum Gasteiger partial charge on any atom is -0.512 e. The third-order valence-corrected chi connectivity index (χ3v) is 5.34. The van der Waals surface area contributed by atoms with Gasteiger partial charge in [0.15, 0.2) is 0 Å². The number of hydrazone groups is 1. The van der Waals surface area contributed by atoms with E-state index < -0.39 is 5.97 Å². The molecule has 0 aromatic carbocycles. The van der Waals surface area contributed by atoms with Crippen LogP contribution >= 0.6 is 0 Å². The van der Waals surface area contributed by atoms with Crippen molar-refractivity contribution in [2.75, 3.05) is 13.2 Å². The molecule has 8 heteroatoms. The van der Waals surface area contributed by atoms with E-state index >= 15 is 0 Å². The van der Waals surface area contributed by atoms with Crippen LogP contribution in [-0.2, 0) is 9.53 Å². The normalized spacial score (nSPS) is 24.8. The molecule has 0 radical (unpaired) electrons. The Balaban J connectivity index is 1.68. The van der Waals surface area contributed by atoms with Crippen molar-refractivity contribution < 1.29 is 14.6 Å². The molecule has 0 saturated heterocycles. The van der Waals surface area contributed by atoms with Gasteiger partial charge in [-0.3, -0.25) is 4.99 Å². The van der Waals surface area contributed by atoms with E-state index in [9.17, 15) is 9.90 Å². The molecule has 8 nitrogen and oxygen atoms in total. The summed E-state index contributed by atoms with van der Waals surface area (Å²) in [7, 11) is 0. The average molecular weight is 375 g/mol. The topological polar surface area (TPSA) is 127 Å². The molecule has 1 unspecified atom stereocenters. The van der Waals surface area contributed by atoms with E-state index in [1.54, 1.807) is 5.01 Å². The summed E-state index contributed by atoms with van der Waals surface area (Å²) in [6.45, 7) is 2.77. The van der Waals surface area contributed by atoms with Gasteiger partial charge in [0.25, 0.3) is 0 Å². The van der Waals surface area contributed by atoms with Crippen LogP contribution in [0.1, 0.15) is 51.9 Å². The molecule has 148 valence electrons. The number of nitrogens with zero attached hydrogens (tertiary/aromatic N) is 3. The Morgan fingerprint density at radius 2 is 2.19 bits per heavy atom. The maximum atomic E-state index is 12.4. The van der Waals surface area contributed by atoms with Crippen molar-refractivity contribution in [1.82, 2.24) is 5.01 Å². The Bertz CT molecular complexity index is 704. The van der Waals surface area contributed by atoms with E-state index in [0.717, 1.165) is 37.1 Å². The smallest absolute Gasteiger partial charge is 0.338 e. The van der Waals surface area contributed by atoms with E-state index in [2.05, 4.69) is 10.1 Å². The van der Waals surface area contributed by atoms with E-state index in [1.165, 1.54) is 0 Å². The minimum atomic E-state index is -0.487. The number of allylic oxidation sites excluding steroid dienone is 1. The molecule has 0 spiro atoms. The van der Waals surface area contributed by atoms with Crippen LogP contribution < -0.4 is 11.5 Å². The number of carbonyl (C=O) groups is 1. The maximum absolute atomic E-state index is 12.4. The number of carbonyl (C=O) groups excluding carboxylic acids is 1. The van der Waals surface area contributed by atoms with Crippen LogP contribution in [0.25, 0.3) is 0 Å². The zero-order valence-corrected chi connectivity index (χ0v) is 15.9. The molecule has 2 aliphatic heterocycles. The van der Waals surface area contributed by atoms with Gasteiger partial charge in [-0.15, -0.1) is 0 Å². The molecule has 3 rings (SSSR count). The predicted molar refractivity (Wildman–Crippen MR) is 104 cm³/mol. The minimum absolute atomic E-state index is 0.0527. The van der Waals surface area contributed by atoms with Gasteiger partial charge >= 0.3 is 5.97 Å². The number of hydrogen-bond donors (Lipinski definition) is 3. The van der Waals surface area contributed by atoms with Crippen molar-refractivity contribution in [3.63, 3.8) is 0 Å². The summed E-state index contributed by atoms with van der Waals surface area (Å²) < 4.78 is 5.59. The van der Waals surface area contributed by atoms with Gasteiger partial charge in [0.2, 0.25) is 0 Å². The fourth-order valence-electron chi connectivity index (χ4n) is 3.90. The second-order valence-electron chi connectivity index (χ2n) is 7.40. The lowest BCUT2D eigenvalue weighted by atomic mass is 9.93. The van der Waals surface area contributed by atoms with Gasteiger partial charge in [-0.25, -0.2) is 9.80 Å². The average Bonchev–Trinajstić information content (AvgIpc) is 3.15. The van der Waals surface area contributed by atoms with Gasteiger partial charge in [-0.1, -0.05) is 12.8 Å². The number of amidine groups is 1. The van der Waals surface area contributed by atoms with E-state index in [0.29, 0.717) is 32.0 Å². The van der Waals surface area contributed by atoms with Crippen molar-refractivity contribution in [1.29, 1.82) is 0 Å². The van der Waals surface area contributed by atoms with Crippen molar-refractivity contribution in [2.24, 2.45) is 27.5 Å². The highest BCUT2D eigenvalue weighted by molar-refractivity contribution is 5.97. The summed E-state index contributed by atoms with van der Waals surface area (Å²) in [6.07, 6.45) is 7.19. The zero-order valence-electron chi connectivity index (χ0n) is 15.9. The quantitative estimate of drug-likeness (QED) is 0.370. The maximum Gasteiger partial charge on any atom is 0.338 e. The molecule has 1 saturated carbocycles. The van der Waals surface area contributed by atoms with Gasteiger partial charge in [0.1, 0.15) is 24.4 Å². The van der Waals surface area contributed by atoms with Crippen LogP contribution in [0.2, 0.25) is 0 Å². The first-order valence-electron chi connectivity index (χ1n) is 9.62. The highest BCUT2D eigenvalue weighted by atomic mass is 16.5. The first-order valence-corrected chi connectivity index (χ1v) is 9.62. The molecule has 1 aliphatic carbocycles. The van der Waals surface area contributed by atoms with Gasteiger partial charge in [-0.2, -0.15) is 5.10 Å². The molecule has 0 bridgehead atoms. The lowest BCUT2D eigenvalue weighted by Crippen LogP contribution is -2.34. The summed E-state index contributed by atoms with van der Waals surface area (Å²) >= 11 is 0. The largest absolute Gasteiger partial charge is 0.512 e. The highest BCUT2D eigenvalue weighted by Gasteiger charge is 2.35. The third-order valence-electron chi connectivity index (χ3n) is 5.34. The highest BCUT2D eigenvalue weighted by Crippen LogP contribution is 2.35. The lowest BCUT2D eigenvalue weighted by Gasteiger charge is -2.29. The first-order chi connectivity index (χ1) is 13.0. The van der Waals surface area contributed by atoms with Crippen LogP contribution in [0.3, 0.4) is 0 Å². The molecular weight excluding hydrogens is 346 g/mol. The van der Waals surface area contributed by atoms with Gasteiger partial charge < -0.3 is 21.3 Å². The van der Waals surface area contributed by atoms with Crippen LogP contribution in [0.4, 0.5) is 0 Å². The van der Waals surface area contributed by atoms with E-state index in [1.807, 2.05) is 13.0 Å². The molecule has 1 atom stereocenters. The third kappa shape index (κ3) is 4.68. The first kappa shape index (κ1) is 19.4. The fraction of sp³-hybridized carbons (Fsp3) is 0.632. The summed E-state index contributed by atoms with van der Waals surface area (Å²) in [5.41, 5.74) is 13.8. The van der Waals surface area contributed by atoms with Crippen LogP contribution in [0.5, 0.6) is 0 Å². The van der Waals surface area contributed by atoms with E-state index in [4.69, 9.17) is 16.2 Å². The second kappa shape index (κ2) is 8.56. The summed E-state index contributed by atoms with van der Waals surface area (Å²) in [5.74, 6) is 0.165. The molecule has 1 fully saturated rings. The van der Waals surface area contributed by atoms with Gasteiger partial charge in [0, 0.05) is 30.7 Å². The Hall–Kier alpha value is -2.35. The number of nitrogens with two attached hydrogens (primary N) is 2. The fourth-order valence-corrected chi connectivity index (χ4v) is 3.90. The Kier molecular flexibility index (Phi) is 6.15. The molecule has 0 aromatic rings. The summed E-state index contributed by atoms with van der Waals surface area (Å²) in [6, 6.07) is 0. The monoisotopic (exact) mass is 375 g/mol. The number of esters is 1. The Labute approximate surface area is 159 Å². The Morgan fingerprint density at radius 3 is 2.85 bits per heavy atom. The van der Waals surface area contributed by atoms with Gasteiger partial charge in [0.05, 0.1) is 5.57 Å². The van der Waals surface area contributed by atoms with Crippen LogP contribution in [0, 0.1) is 5.92 Å². The standard InChI is InChI=1S/C19H29N5O3/c1-12-8-14(6-7-20)24(11-22-12)23-18(21)9-15-16(25)10-17(27-19(15)26)13-4-2-3-5-13/h8,13,17,25H,2-7,9-11,20H2,1H3,(H2,21,23). The molecule has 5 N–H and O–H groups in total. The number of aliphatic hydroxyl groups is 1. The predicted octanol–water partition coefficient (Wildman–Crippen LogP) is 1.93. The lowest BCUT2D eigenvalue weighted by molar-refractivity contribution is -0.149. The number of hydrogen-bond acceptors (Lipinski definition) is 7. The molecule has 0 aromatic heterocycles. The van der Waals surface area contributed by atoms with Crippen molar-refractivity contribution in [3.05, 3.63) is 23.1 Å². The molecule has 27 heavy (non-hydrogen) atoms. The molecule has 0 amide bonds. The molecule has 3 aliphatic rings. The zero-order chi connectivity index (χ0) is 19.4. The SMILES string of the molecule is CC1=NCN(/N=C(\N)CC2=C(O)CC(C3CCCC3)OC2=O)C(CCN)=C1. The van der Waals surface area contributed by atoms with Crippen LogP contribution in [-0.4, -0.2) is 46.9 Å². The van der Waals surface area contributed by atoms with Gasteiger partial charge in [-0.05, 0) is 38.3 Å². The number of cyclic esters (lactones) is 1. The Morgan fingerprint density at radius 1 is 1.44 bits per heavy atom. The second-order valence-corrected chi connectivity index (χ2v) is 7.40. The van der Waals surface area contributed by atoms with Crippen LogP contribution in [0.15, 0.2) is 33.2 Å². The van der Waals surface area contributed by atoms with Crippen molar-refractivity contribution in [2.45, 2.75) is 58.0 Å². The molecular formula is C19H29N5O3.